The Hall–Kier alpha value is -1.84. The number of hydrogen-bond donors (Lipinski definition) is 0. The molecule has 0 saturated carbocycles. The van der Waals surface area contributed by atoms with Crippen molar-refractivity contribution in [2.45, 2.75) is 25.7 Å². The minimum absolute atomic E-state index is 0.0919. The van der Waals surface area contributed by atoms with Crippen LogP contribution in [0.5, 0.6) is 5.75 Å². The predicted molar refractivity (Wildman–Crippen MR) is 65.1 cm³/mol. The van der Waals surface area contributed by atoms with Gasteiger partial charge in [0.15, 0.2) is 0 Å². The molecule has 0 spiro atoms. The lowest BCUT2D eigenvalue weighted by Crippen LogP contribution is -2.04. The van der Waals surface area contributed by atoms with Crippen LogP contribution in [0.2, 0.25) is 0 Å². The highest BCUT2D eigenvalue weighted by Crippen LogP contribution is 2.21. The molecular formula is C13H15NO3. The summed E-state index contributed by atoms with van der Waals surface area (Å²) >= 11 is 0. The van der Waals surface area contributed by atoms with Gasteiger partial charge in [0.2, 0.25) is 0 Å². The van der Waals surface area contributed by atoms with Gasteiger partial charge in [-0.15, -0.1) is 0 Å². The molecule has 17 heavy (non-hydrogen) atoms. The molecule has 1 aliphatic rings. The van der Waals surface area contributed by atoms with E-state index in [1.54, 1.807) is 12.1 Å². The Morgan fingerprint density at radius 3 is 2.59 bits per heavy atom. The molecule has 0 aromatic heterocycles. The quantitative estimate of drug-likeness (QED) is 0.454. The van der Waals surface area contributed by atoms with Crippen LogP contribution >= 0.6 is 0 Å². The van der Waals surface area contributed by atoms with E-state index < -0.39 is 4.92 Å². The number of allylic oxidation sites excluding steroid dienone is 1. The molecule has 0 fully saturated rings. The van der Waals surface area contributed by atoms with Crippen molar-refractivity contribution in [3.05, 3.63) is 46.0 Å². The van der Waals surface area contributed by atoms with Crippen LogP contribution in [0.15, 0.2) is 35.9 Å². The Morgan fingerprint density at radius 1 is 1.24 bits per heavy atom. The number of benzene rings is 1. The maximum atomic E-state index is 10.5. The third-order valence-electron chi connectivity index (χ3n) is 2.86. The molecule has 1 aromatic rings. The Bertz CT molecular complexity index is 423. The van der Waals surface area contributed by atoms with E-state index in [-0.39, 0.29) is 5.69 Å². The van der Waals surface area contributed by atoms with Gasteiger partial charge in [-0.2, -0.15) is 0 Å². The van der Waals surface area contributed by atoms with Crippen molar-refractivity contribution >= 4 is 5.69 Å². The van der Waals surface area contributed by atoms with Crippen LogP contribution in [-0.2, 0) is 0 Å². The highest BCUT2D eigenvalue weighted by molar-refractivity contribution is 5.36. The van der Waals surface area contributed by atoms with E-state index in [9.17, 15) is 10.1 Å². The largest absolute Gasteiger partial charge is 0.489 e. The van der Waals surface area contributed by atoms with Crippen LogP contribution in [0.1, 0.15) is 25.7 Å². The van der Waals surface area contributed by atoms with Crippen LogP contribution in [0.3, 0.4) is 0 Å². The molecule has 0 saturated heterocycles. The second-order valence-electron chi connectivity index (χ2n) is 4.15. The van der Waals surface area contributed by atoms with Crippen LogP contribution in [0.4, 0.5) is 5.69 Å². The van der Waals surface area contributed by atoms with E-state index in [0.29, 0.717) is 12.4 Å². The summed E-state index contributed by atoms with van der Waals surface area (Å²) in [5, 5.41) is 10.5. The van der Waals surface area contributed by atoms with Gasteiger partial charge in [-0.05, 0) is 43.4 Å². The summed E-state index contributed by atoms with van der Waals surface area (Å²) in [6.45, 7) is 0.595. The molecule has 0 aliphatic heterocycles. The number of hydrogen-bond acceptors (Lipinski definition) is 3. The van der Waals surface area contributed by atoms with Crippen molar-refractivity contribution in [2.75, 3.05) is 6.61 Å². The fourth-order valence-corrected chi connectivity index (χ4v) is 1.88. The van der Waals surface area contributed by atoms with Crippen molar-refractivity contribution in [3.63, 3.8) is 0 Å². The normalized spacial score (nSPS) is 15.2. The first kappa shape index (κ1) is 11.6. The molecule has 0 atom stereocenters. The maximum absolute atomic E-state index is 10.5. The number of nitrogens with zero attached hydrogens (tertiary/aromatic N) is 1. The summed E-state index contributed by atoms with van der Waals surface area (Å²) in [5.74, 6) is 0.682. The summed E-state index contributed by atoms with van der Waals surface area (Å²) in [6, 6.07) is 6.21. The molecule has 0 radical (unpaired) electrons. The lowest BCUT2D eigenvalue weighted by Gasteiger charge is -2.13. The fourth-order valence-electron chi connectivity index (χ4n) is 1.88. The summed E-state index contributed by atoms with van der Waals surface area (Å²) in [4.78, 5) is 10.1. The first-order valence-corrected chi connectivity index (χ1v) is 5.81. The molecule has 4 nitrogen and oxygen atoms in total. The molecule has 2 rings (SSSR count). The Balaban J connectivity index is 1.90. The number of nitro groups is 1. The monoisotopic (exact) mass is 233 g/mol. The fraction of sp³-hybridized carbons (Fsp3) is 0.385. The second-order valence-corrected chi connectivity index (χ2v) is 4.15. The van der Waals surface area contributed by atoms with Gasteiger partial charge in [0.05, 0.1) is 4.92 Å². The van der Waals surface area contributed by atoms with Crippen LogP contribution in [0.25, 0.3) is 0 Å². The molecule has 90 valence electrons. The van der Waals surface area contributed by atoms with Crippen LogP contribution in [-0.4, -0.2) is 11.5 Å². The molecule has 0 bridgehead atoms. The first-order valence-electron chi connectivity index (χ1n) is 5.81. The molecule has 0 amide bonds. The highest BCUT2D eigenvalue weighted by atomic mass is 16.6. The van der Waals surface area contributed by atoms with Gasteiger partial charge < -0.3 is 4.74 Å². The summed E-state index contributed by atoms with van der Waals surface area (Å²) in [5.41, 5.74) is 1.42. The average molecular weight is 233 g/mol. The summed E-state index contributed by atoms with van der Waals surface area (Å²) in [7, 11) is 0. The van der Waals surface area contributed by atoms with E-state index in [1.807, 2.05) is 0 Å². The topological polar surface area (TPSA) is 52.4 Å². The summed E-state index contributed by atoms with van der Waals surface area (Å²) in [6.07, 6.45) is 6.97. The number of nitro benzene ring substituents is 1. The van der Waals surface area contributed by atoms with E-state index in [0.717, 1.165) is 12.8 Å². The molecule has 0 unspecified atom stereocenters. The Kier molecular flexibility index (Phi) is 3.75. The zero-order chi connectivity index (χ0) is 12.1. The van der Waals surface area contributed by atoms with Crippen molar-refractivity contribution in [3.8, 4) is 5.75 Å². The highest BCUT2D eigenvalue weighted by Gasteiger charge is 2.06. The lowest BCUT2D eigenvalue weighted by molar-refractivity contribution is -0.384. The van der Waals surface area contributed by atoms with E-state index in [2.05, 4.69) is 6.08 Å². The average Bonchev–Trinajstić information content (AvgIpc) is 2.38. The predicted octanol–water partition coefficient (Wildman–Crippen LogP) is 3.47. The number of rotatable bonds is 4. The van der Waals surface area contributed by atoms with Gasteiger partial charge in [0.25, 0.3) is 5.69 Å². The third kappa shape index (κ3) is 3.31. The van der Waals surface area contributed by atoms with Gasteiger partial charge in [0.1, 0.15) is 12.4 Å². The van der Waals surface area contributed by atoms with Gasteiger partial charge in [0, 0.05) is 12.1 Å². The smallest absolute Gasteiger partial charge is 0.269 e. The summed E-state index contributed by atoms with van der Waals surface area (Å²) < 4.78 is 5.59. The SMILES string of the molecule is O=[N+]([O-])c1ccc(OCC2=CCCCC2)cc1. The number of non-ortho nitro benzene ring substituents is 1. The maximum Gasteiger partial charge on any atom is 0.269 e. The minimum atomic E-state index is -0.409. The zero-order valence-corrected chi connectivity index (χ0v) is 9.59. The van der Waals surface area contributed by atoms with Crippen molar-refractivity contribution in [2.24, 2.45) is 0 Å². The standard InChI is InChI=1S/C13H15NO3/c15-14(16)12-6-8-13(9-7-12)17-10-11-4-2-1-3-5-11/h4,6-9H,1-3,5,10H2. The molecule has 1 aromatic carbocycles. The van der Waals surface area contributed by atoms with Crippen molar-refractivity contribution in [1.29, 1.82) is 0 Å². The van der Waals surface area contributed by atoms with E-state index >= 15 is 0 Å². The lowest BCUT2D eigenvalue weighted by atomic mass is 10.0. The van der Waals surface area contributed by atoms with Crippen molar-refractivity contribution in [1.82, 2.24) is 0 Å². The van der Waals surface area contributed by atoms with Crippen LogP contribution in [0, 0.1) is 10.1 Å². The zero-order valence-electron chi connectivity index (χ0n) is 9.59. The van der Waals surface area contributed by atoms with Crippen molar-refractivity contribution < 1.29 is 9.66 Å². The van der Waals surface area contributed by atoms with Gasteiger partial charge >= 0.3 is 0 Å². The third-order valence-corrected chi connectivity index (χ3v) is 2.86. The minimum Gasteiger partial charge on any atom is -0.489 e. The van der Waals surface area contributed by atoms with Gasteiger partial charge in [-0.1, -0.05) is 6.08 Å². The number of ether oxygens (including phenoxy) is 1. The molecule has 0 N–H and O–H groups in total. The second kappa shape index (κ2) is 5.48. The van der Waals surface area contributed by atoms with E-state index in [4.69, 9.17) is 4.74 Å². The van der Waals surface area contributed by atoms with E-state index in [1.165, 1.54) is 30.5 Å². The van der Waals surface area contributed by atoms with Gasteiger partial charge in [-0.25, -0.2) is 0 Å². The molecular weight excluding hydrogens is 218 g/mol. The first-order chi connectivity index (χ1) is 8.25. The molecule has 4 heteroatoms. The Morgan fingerprint density at radius 2 is 2.00 bits per heavy atom. The molecule has 1 aliphatic carbocycles. The van der Waals surface area contributed by atoms with Gasteiger partial charge in [-0.3, -0.25) is 10.1 Å². The Labute approximate surface area is 100 Å². The molecule has 0 heterocycles. The van der Waals surface area contributed by atoms with Crippen LogP contribution < -0.4 is 4.74 Å².